The summed E-state index contributed by atoms with van der Waals surface area (Å²) in [5, 5.41) is 3.33. The van der Waals surface area contributed by atoms with E-state index in [1.807, 2.05) is 24.3 Å². The van der Waals surface area contributed by atoms with Crippen molar-refractivity contribution in [2.24, 2.45) is 0 Å². The first-order chi connectivity index (χ1) is 20.6. The third kappa shape index (κ3) is 6.40. The van der Waals surface area contributed by atoms with E-state index in [0.717, 1.165) is 76.9 Å². The molecule has 2 aromatic rings. The molecule has 1 aliphatic carbocycles. The number of rotatable bonds is 8. The van der Waals surface area contributed by atoms with Gasteiger partial charge in [-0.05, 0) is 63.5 Å². The van der Waals surface area contributed by atoms with E-state index in [9.17, 15) is 9.59 Å². The van der Waals surface area contributed by atoms with E-state index in [-0.39, 0.29) is 36.4 Å². The number of ether oxygens (including phenoxy) is 3. The second kappa shape index (κ2) is 13.1. The summed E-state index contributed by atoms with van der Waals surface area (Å²) < 4.78 is 16.5. The molecular formula is C31H42N6O5. The zero-order valence-corrected chi connectivity index (χ0v) is 24.4. The maximum absolute atomic E-state index is 13.3. The maximum atomic E-state index is 13.3. The molecule has 0 bridgehead atoms. The smallest absolute Gasteiger partial charge is 0.442 e. The minimum absolute atomic E-state index is 0.105. The number of likely N-dealkylation sites (tertiary alicyclic amines) is 1. The Bertz CT molecular complexity index is 1200. The SMILES string of the molecule is CCOC(=O)OC1CCN(C2CCCC3C2OC(=O)N3C2CCN(c3ccnc(NCc4ccccc4)n3)CC2)CC1. The van der Waals surface area contributed by atoms with Crippen LogP contribution in [0.25, 0.3) is 0 Å². The molecule has 1 amide bonds. The number of hydrogen-bond donors (Lipinski definition) is 1. The summed E-state index contributed by atoms with van der Waals surface area (Å²) in [5.74, 6) is 1.53. The van der Waals surface area contributed by atoms with E-state index in [1.54, 1.807) is 13.1 Å². The standard InChI is InChI=1S/C31H42N6O5/c1-2-40-31(39)41-24-14-19-35(20-15-24)25-9-6-10-26-28(25)42-30(38)37(26)23-12-17-36(18-13-23)27-11-16-32-29(34-27)33-21-22-7-4-3-5-8-22/h3-5,7-8,11,16,23-26,28H,2,6,9-10,12-15,17-21H2,1H3,(H,32,33,34). The van der Waals surface area contributed by atoms with Crippen molar-refractivity contribution in [1.29, 1.82) is 0 Å². The molecule has 6 rings (SSSR count). The van der Waals surface area contributed by atoms with Crippen molar-refractivity contribution in [2.45, 2.75) is 88.7 Å². The Morgan fingerprint density at radius 2 is 1.76 bits per heavy atom. The van der Waals surface area contributed by atoms with Gasteiger partial charge in [0.25, 0.3) is 0 Å². The topological polar surface area (TPSA) is 109 Å². The van der Waals surface area contributed by atoms with Crippen molar-refractivity contribution in [3.63, 3.8) is 0 Å². The van der Waals surface area contributed by atoms with Gasteiger partial charge < -0.3 is 24.4 Å². The summed E-state index contributed by atoms with van der Waals surface area (Å²) in [7, 11) is 0. The summed E-state index contributed by atoms with van der Waals surface area (Å²) >= 11 is 0. The Morgan fingerprint density at radius 1 is 1.00 bits per heavy atom. The predicted molar refractivity (Wildman–Crippen MR) is 157 cm³/mol. The van der Waals surface area contributed by atoms with Gasteiger partial charge in [-0.25, -0.2) is 14.6 Å². The Balaban J connectivity index is 1.02. The number of carbonyl (C=O) groups is 2. The minimum Gasteiger partial charge on any atom is -0.442 e. The molecule has 3 aliphatic heterocycles. The normalized spacial score (nSPS) is 25.5. The molecule has 4 aliphatic rings. The first kappa shape index (κ1) is 28.5. The second-order valence-electron chi connectivity index (χ2n) is 11.7. The van der Waals surface area contributed by atoms with Gasteiger partial charge in [0.05, 0.1) is 12.6 Å². The van der Waals surface area contributed by atoms with Crippen LogP contribution in [0, 0.1) is 0 Å². The van der Waals surface area contributed by atoms with E-state index < -0.39 is 6.16 Å². The fraction of sp³-hybridized carbons (Fsp3) is 0.613. The number of fused-ring (bicyclic) bond motifs is 1. The zero-order valence-electron chi connectivity index (χ0n) is 24.4. The average Bonchev–Trinajstić information content (AvgIpc) is 3.37. The molecule has 3 saturated heterocycles. The monoisotopic (exact) mass is 578 g/mol. The largest absolute Gasteiger partial charge is 0.508 e. The maximum Gasteiger partial charge on any atom is 0.508 e. The summed E-state index contributed by atoms with van der Waals surface area (Å²) in [4.78, 5) is 41.0. The molecule has 11 nitrogen and oxygen atoms in total. The summed E-state index contributed by atoms with van der Waals surface area (Å²) in [5.41, 5.74) is 1.18. The first-order valence-electron chi connectivity index (χ1n) is 15.5. The number of anilines is 2. The number of carbonyl (C=O) groups excluding carboxylic acids is 2. The van der Waals surface area contributed by atoms with Gasteiger partial charge in [0.2, 0.25) is 5.95 Å². The molecule has 4 heterocycles. The molecule has 1 aromatic heterocycles. The highest BCUT2D eigenvalue weighted by Gasteiger charge is 2.51. The van der Waals surface area contributed by atoms with E-state index >= 15 is 0 Å². The van der Waals surface area contributed by atoms with E-state index in [0.29, 0.717) is 19.1 Å². The number of amides is 1. The first-order valence-corrected chi connectivity index (χ1v) is 15.5. The fourth-order valence-corrected chi connectivity index (χ4v) is 7.07. The van der Waals surface area contributed by atoms with Crippen molar-refractivity contribution < 1.29 is 23.8 Å². The Kier molecular flexibility index (Phi) is 8.92. The number of aromatic nitrogens is 2. The molecule has 0 spiro atoms. The van der Waals surface area contributed by atoms with Crippen LogP contribution < -0.4 is 10.2 Å². The molecule has 1 N–H and O–H groups in total. The lowest BCUT2D eigenvalue weighted by molar-refractivity contribution is -0.0303. The van der Waals surface area contributed by atoms with Crippen LogP contribution in [0.15, 0.2) is 42.6 Å². The quantitative estimate of drug-likeness (QED) is 0.452. The molecule has 1 aromatic carbocycles. The minimum atomic E-state index is -0.583. The second-order valence-corrected chi connectivity index (χ2v) is 11.7. The highest BCUT2D eigenvalue weighted by atomic mass is 16.7. The molecule has 226 valence electrons. The van der Waals surface area contributed by atoms with Crippen LogP contribution in [0.2, 0.25) is 0 Å². The van der Waals surface area contributed by atoms with Crippen LogP contribution in [-0.2, 0) is 20.8 Å². The van der Waals surface area contributed by atoms with Gasteiger partial charge in [-0.3, -0.25) is 9.80 Å². The van der Waals surface area contributed by atoms with Crippen molar-refractivity contribution >= 4 is 24.0 Å². The lowest BCUT2D eigenvalue weighted by Gasteiger charge is -2.44. The van der Waals surface area contributed by atoms with Gasteiger partial charge in [0.15, 0.2) is 0 Å². The number of benzene rings is 1. The van der Waals surface area contributed by atoms with Crippen LogP contribution in [0.5, 0.6) is 0 Å². The molecular weight excluding hydrogens is 536 g/mol. The lowest BCUT2D eigenvalue weighted by Crippen LogP contribution is -2.56. The third-order valence-corrected chi connectivity index (χ3v) is 9.15. The summed E-state index contributed by atoms with van der Waals surface area (Å²) in [6, 6.07) is 12.7. The molecule has 42 heavy (non-hydrogen) atoms. The zero-order chi connectivity index (χ0) is 28.9. The molecule has 3 atom stereocenters. The van der Waals surface area contributed by atoms with Crippen LogP contribution >= 0.6 is 0 Å². The highest BCUT2D eigenvalue weighted by molar-refractivity contribution is 5.71. The van der Waals surface area contributed by atoms with Crippen molar-refractivity contribution in [3.8, 4) is 0 Å². The van der Waals surface area contributed by atoms with Crippen LogP contribution in [0.4, 0.5) is 21.4 Å². The lowest BCUT2D eigenvalue weighted by atomic mass is 9.85. The molecule has 4 fully saturated rings. The molecule has 1 saturated carbocycles. The predicted octanol–water partition coefficient (Wildman–Crippen LogP) is 4.44. The Morgan fingerprint density at radius 3 is 2.52 bits per heavy atom. The van der Waals surface area contributed by atoms with Crippen LogP contribution in [-0.4, -0.2) is 95.1 Å². The van der Waals surface area contributed by atoms with Crippen molar-refractivity contribution in [3.05, 3.63) is 48.2 Å². The third-order valence-electron chi connectivity index (χ3n) is 9.15. The van der Waals surface area contributed by atoms with E-state index in [1.165, 1.54) is 5.56 Å². The molecule has 11 heteroatoms. The van der Waals surface area contributed by atoms with Crippen LogP contribution in [0.3, 0.4) is 0 Å². The number of nitrogens with zero attached hydrogens (tertiary/aromatic N) is 5. The number of piperidine rings is 2. The highest BCUT2D eigenvalue weighted by Crippen LogP contribution is 2.38. The average molecular weight is 579 g/mol. The van der Waals surface area contributed by atoms with Crippen molar-refractivity contribution in [1.82, 2.24) is 19.8 Å². The summed E-state index contributed by atoms with van der Waals surface area (Å²) in [6.07, 6.45) is 7.25. The van der Waals surface area contributed by atoms with Crippen molar-refractivity contribution in [2.75, 3.05) is 43.0 Å². The molecule has 3 unspecified atom stereocenters. The van der Waals surface area contributed by atoms with Gasteiger partial charge in [-0.15, -0.1) is 0 Å². The molecule has 0 radical (unpaired) electrons. The Hall–Kier alpha value is -3.60. The van der Waals surface area contributed by atoms with E-state index in [4.69, 9.17) is 19.2 Å². The van der Waals surface area contributed by atoms with Gasteiger partial charge in [0.1, 0.15) is 18.0 Å². The fourth-order valence-electron chi connectivity index (χ4n) is 7.07. The van der Waals surface area contributed by atoms with Gasteiger partial charge >= 0.3 is 12.2 Å². The number of hydrogen-bond acceptors (Lipinski definition) is 10. The van der Waals surface area contributed by atoms with Gasteiger partial charge in [-0.2, -0.15) is 4.98 Å². The van der Waals surface area contributed by atoms with Gasteiger partial charge in [0, 0.05) is 51.0 Å². The van der Waals surface area contributed by atoms with Gasteiger partial charge in [-0.1, -0.05) is 30.3 Å². The summed E-state index contributed by atoms with van der Waals surface area (Å²) in [6.45, 7) is 6.09. The number of nitrogens with one attached hydrogen (secondary N) is 1. The van der Waals surface area contributed by atoms with E-state index in [2.05, 4.69) is 37.1 Å². The Labute approximate surface area is 247 Å². The van der Waals surface area contributed by atoms with Crippen LogP contribution in [0.1, 0.15) is 57.4 Å².